The summed E-state index contributed by atoms with van der Waals surface area (Å²) in [5, 5.41) is 0. The van der Waals surface area contributed by atoms with Gasteiger partial charge in [0.2, 0.25) is 0 Å². The van der Waals surface area contributed by atoms with Gasteiger partial charge in [0.15, 0.2) is 0 Å². The molecule has 4 heteroatoms. The second-order valence-electron chi connectivity index (χ2n) is 4.37. The van der Waals surface area contributed by atoms with E-state index in [-0.39, 0.29) is 5.82 Å². The van der Waals surface area contributed by atoms with Crippen molar-refractivity contribution < 1.29 is 4.39 Å². The van der Waals surface area contributed by atoms with Crippen LogP contribution in [0.15, 0.2) is 52.3 Å². The molecular formula is C16H17FINS. The molecule has 0 spiro atoms. The first-order chi connectivity index (χ1) is 9.62. The van der Waals surface area contributed by atoms with Crippen LogP contribution >= 0.6 is 34.4 Å². The summed E-state index contributed by atoms with van der Waals surface area (Å²) in [6, 6.07) is 13.2. The lowest BCUT2D eigenvalue weighted by Gasteiger charge is -2.22. The maximum atomic E-state index is 12.9. The van der Waals surface area contributed by atoms with Gasteiger partial charge in [-0.15, -0.1) is 0 Å². The molecule has 0 aliphatic heterocycles. The van der Waals surface area contributed by atoms with E-state index in [1.54, 1.807) is 11.8 Å². The molecule has 0 saturated heterocycles. The Labute approximate surface area is 137 Å². The van der Waals surface area contributed by atoms with Gasteiger partial charge < -0.3 is 4.90 Å². The Morgan fingerprint density at radius 2 is 1.65 bits per heavy atom. The average Bonchev–Trinajstić information content (AvgIpc) is 2.42. The van der Waals surface area contributed by atoms with Gasteiger partial charge in [0.1, 0.15) is 5.82 Å². The van der Waals surface area contributed by atoms with E-state index in [1.807, 2.05) is 12.1 Å². The number of hydrogen-bond acceptors (Lipinski definition) is 2. The maximum absolute atomic E-state index is 12.9. The molecule has 0 unspecified atom stereocenters. The fourth-order valence-electron chi connectivity index (χ4n) is 2.02. The molecule has 2 rings (SSSR count). The Balaban J connectivity index is 2.25. The zero-order valence-corrected chi connectivity index (χ0v) is 14.5. The minimum absolute atomic E-state index is 0.194. The minimum atomic E-state index is -0.194. The van der Waals surface area contributed by atoms with Gasteiger partial charge >= 0.3 is 0 Å². The van der Waals surface area contributed by atoms with E-state index in [4.69, 9.17) is 0 Å². The van der Waals surface area contributed by atoms with Gasteiger partial charge in [-0.3, -0.25) is 0 Å². The average molecular weight is 401 g/mol. The minimum Gasteiger partial charge on any atom is -0.372 e. The summed E-state index contributed by atoms with van der Waals surface area (Å²) in [5.74, 6) is -0.194. The molecule has 0 aliphatic rings. The third-order valence-corrected chi connectivity index (χ3v) is 4.64. The van der Waals surface area contributed by atoms with Crippen LogP contribution in [0.5, 0.6) is 0 Å². The normalized spacial score (nSPS) is 10.6. The standard InChI is InChI=1S/C16H17FINS/c1-3-19(4-2)14-9-13(18)10-16(11-14)20-15-7-5-12(17)6-8-15/h5-11H,3-4H2,1-2H3. The fourth-order valence-corrected chi connectivity index (χ4v) is 3.79. The maximum Gasteiger partial charge on any atom is 0.123 e. The highest BCUT2D eigenvalue weighted by Gasteiger charge is 2.06. The Bertz CT molecular complexity index is 567. The molecule has 2 aromatic carbocycles. The topological polar surface area (TPSA) is 3.24 Å². The SMILES string of the molecule is CCN(CC)c1cc(I)cc(Sc2ccc(F)cc2)c1. The van der Waals surface area contributed by atoms with Crippen LogP contribution in [0.2, 0.25) is 0 Å². The van der Waals surface area contributed by atoms with E-state index in [1.165, 1.54) is 26.3 Å². The first-order valence-corrected chi connectivity index (χ1v) is 8.51. The van der Waals surface area contributed by atoms with Crippen molar-refractivity contribution in [1.29, 1.82) is 0 Å². The highest BCUT2D eigenvalue weighted by atomic mass is 127. The lowest BCUT2D eigenvalue weighted by Crippen LogP contribution is -2.21. The third-order valence-electron chi connectivity index (χ3n) is 3.03. The van der Waals surface area contributed by atoms with Gasteiger partial charge in [-0.2, -0.15) is 0 Å². The first kappa shape index (κ1) is 15.6. The lowest BCUT2D eigenvalue weighted by atomic mass is 10.3. The van der Waals surface area contributed by atoms with Gasteiger partial charge in [0.05, 0.1) is 0 Å². The molecule has 0 bridgehead atoms. The van der Waals surface area contributed by atoms with E-state index in [2.05, 4.69) is 59.5 Å². The first-order valence-electron chi connectivity index (χ1n) is 6.61. The van der Waals surface area contributed by atoms with E-state index < -0.39 is 0 Å². The van der Waals surface area contributed by atoms with Gasteiger partial charge in [0.25, 0.3) is 0 Å². The van der Waals surface area contributed by atoms with Gasteiger partial charge in [-0.05, 0) is 78.9 Å². The smallest absolute Gasteiger partial charge is 0.123 e. The van der Waals surface area contributed by atoms with Crippen LogP contribution in [0.1, 0.15) is 13.8 Å². The molecule has 0 saturated carbocycles. The summed E-state index contributed by atoms with van der Waals surface area (Å²) >= 11 is 4.01. The van der Waals surface area contributed by atoms with Crippen molar-refractivity contribution in [2.45, 2.75) is 23.6 Å². The van der Waals surface area contributed by atoms with Crippen LogP contribution in [0, 0.1) is 9.39 Å². The molecule has 0 amide bonds. The van der Waals surface area contributed by atoms with Crippen molar-refractivity contribution in [3.05, 3.63) is 51.9 Å². The molecular weight excluding hydrogens is 384 g/mol. The largest absolute Gasteiger partial charge is 0.372 e. The Morgan fingerprint density at radius 1 is 1.00 bits per heavy atom. The van der Waals surface area contributed by atoms with Crippen LogP contribution in [0.3, 0.4) is 0 Å². The molecule has 0 heterocycles. The molecule has 2 aromatic rings. The van der Waals surface area contributed by atoms with Crippen molar-refractivity contribution in [1.82, 2.24) is 0 Å². The van der Waals surface area contributed by atoms with E-state index in [9.17, 15) is 4.39 Å². The van der Waals surface area contributed by atoms with Crippen molar-refractivity contribution in [2.75, 3.05) is 18.0 Å². The molecule has 0 fully saturated rings. The van der Waals surface area contributed by atoms with Gasteiger partial charge in [-0.1, -0.05) is 11.8 Å². The van der Waals surface area contributed by atoms with E-state index in [0.717, 1.165) is 18.0 Å². The molecule has 0 aliphatic carbocycles. The lowest BCUT2D eigenvalue weighted by molar-refractivity contribution is 0.626. The van der Waals surface area contributed by atoms with E-state index >= 15 is 0 Å². The van der Waals surface area contributed by atoms with Crippen molar-refractivity contribution >= 4 is 40.0 Å². The summed E-state index contributed by atoms with van der Waals surface area (Å²) in [6.07, 6.45) is 0. The molecule has 0 aromatic heterocycles. The number of hydrogen-bond donors (Lipinski definition) is 0. The van der Waals surface area contributed by atoms with Crippen LogP contribution in [-0.4, -0.2) is 13.1 Å². The molecule has 20 heavy (non-hydrogen) atoms. The Hall–Kier alpha value is -0.750. The quantitative estimate of drug-likeness (QED) is 0.615. The number of rotatable bonds is 5. The summed E-state index contributed by atoms with van der Waals surface area (Å²) in [5.41, 5.74) is 1.24. The predicted octanol–water partition coefficient (Wildman–Crippen LogP) is 5.43. The highest BCUT2D eigenvalue weighted by molar-refractivity contribution is 14.1. The fraction of sp³-hybridized carbons (Fsp3) is 0.250. The zero-order valence-electron chi connectivity index (χ0n) is 11.6. The van der Waals surface area contributed by atoms with Crippen molar-refractivity contribution in [2.24, 2.45) is 0 Å². The molecule has 1 nitrogen and oxygen atoms in total. The third kappa shape index (κ3) is 4.12. The highest BCUT2D eigenvalue weighted by Crippen LogP contribution is 2.32. The van der Waals surface area contributed by atoms with Crippen LogP contribution in [0.25, 0.3) is 0 Å². The van der Waals surface area contributed by atoms with Crippen LogP contribution < -0.4 is 4.90 Å². The number of benzene rings is 2. The van der Waals surface area contributed by atoms with Crippen LogP contribution in [0.4, 0.5) is 10.1 Å². The van der Waals surface area contributed by atoms with Gasteiger partial charge in [0, 0.05) is 32.1 Å². The van der Waals surface area contributed by atoms with E-state index in [0.29, 0.717) is 0 Å². The Kier molecular flexibility index (Phi) is 5.72. The van der Waals surface area contributed by atoms with Crippen molar-refractivity contribution in [3.8, 4) is 0 Å². The molecule has 0 N–H and O–H groups in total. The summed E-state index contributed by atoms with van der Waals surface area (Å²) in [6.45, 7) is 6.32. The summed E-state index contributed by atoms with van der Waals surface area (Å²) < 4.78 is 14.2. The summed E-state index contributed by atoms with van der Waals surface area (Å²) in [4.78, 5) is 4.57. The second kappa shape index (κ2) is 7.31. The second-order valence-corrected chi connectivity index (χ2v) is 6.77. The molecule has 0 atom stereocenters. The number of anilines is 1. The predicted molar refractivity (Wildman–Crippen MR) is 93.2 cm³/mol. The van der Waals surface area contributed by atoms with Gasteiger partial charge in [-0.25, -0.2) is 4.39 Å². The Morgan fingerprint density at radius 3 is 2.25 bits per heavy atom. The zero-order chi connectivity index (χ0) is 14.5. The number of nitrogens with zero attached hydrogens (tertiary/aromatic N) is 1. The molecule has 0 radical (unpaired) electrons. The molecule has 106 valence electrons. The summed E-state index contributed by atoms with van der Waals surface area (Å²) in [7, 11) is 0. The monoisotopic (exact) mass is 401 g/mol. The van der Waals surface area contributed by atoms with Crippen LogP contribution in [-0.2, 0) is 0 Å². The number of halogens is 2. The van der Waals surface area contributed by atoms with Crippen molar-refractivity contribution in [3.63, 3.8) is 0 Å².